The quantitative estimate of drug-likeness (QED) is 0.477. The van der Waals surface area contributed by atoms with E-state index in [1.807, 2.05) is 6.92 Å². The predicted octanol–water partition coefficient (Wildman–Crippen LogP) is -0.662. The van der Waals surface area contributed by atoms with E-state index in [0.29, 0.717) is 6.54 Å². The lowest BCUT2D eigenvalue weighted by molar-refractivity contribution is 0.175. The number of aliphatic hydroxyl groups is 2. The van der Waals surface area contributed by atoms with Gasteiger partial charge in [-0.25, -0.2) is 0 Å². The molecule has 0 saturated carbocycles. The third-order valence-corrected chi connectivity index (χ3v) is 1.04. The van der Waals surface area contributed by atoms with E-state index in [9.17, 15) is 0 Å². The van der Waals surface area contributed by atoms with Gasteiger partial charge in [-0.2, -0.15) is 0 Å². The zero-order valence-corrected chi connectivity index (χ0v) is 5.96. The summed E-state index contributed by atoms with van der Waals surface area (Å²) in [4.78, 5) is 0. The van der Waals surface area contributed by atoms with Crippen LogP contribution in [0.25, 0.3) is 0 Å². The average molecular weight is 133 g/mol. The Balaban J connectivity index is 3.06. The van der Waals surface area contributed by atoms with Crippen molar-refractivity contribution in [1.29, 1.82) is 0 Å². The van der Waals surface area contributed by atoms with Crippen LogP contribution < -0.4 is 5.32 Å². The molecule has 0 aliphatic heterocycles. The maximum Gasteiger partial charge on any atom is 0.0636 e. The molecule has 0 aromatic carbocycles. The van der Waals surface area contributed by atoms with Crippen molar-refractivity contribution in [2.24, 2.45) is 0 Å². The zero-order valence-electron chi connectivity index (χ0n) is 5.96. The fraction of sp³-hybridized carbons (Fsp3) is 1.00. The van der Waals surface area contributed by atoms with Gasteiger partial charge in [-0.05, 0) is 13.8 Å². The second kappa shape index (κ2) is 4.73. The van der Waals surface area contributed by atoms with Crippen molar-refractivity contribution in [3.8, 4) is 0 Å². The first kappa shape index (κ1) is 8.88. The summed E-state index contributed by atoms with van der Waals surface area (Å²) in [6, 6.07) is 0.0830. The third kappa shape index (κ3) is 5.76. The van der Waals surface area contributed by atoms with Gasteiger partial charge >= 0.3 is 0 Å². The topological polar surface area (TPSA) is 52.5 Å². The van der Waals surface area contributed by atoms with Crippen molar-refractivity contribution in [3.63, 3.8) is 0 Å². The van der Waals surface area contributed by atoms with Gasteiger partial charge in [0.05, 0.1) is 12.7 Å². The maximum absolute atomic E-state index is 8.75. The normalized spacial score (nSPS) is 17.3. The van der Waals surface area contributed by atoms with Crippen LogP contribution in [0, 0.1) is 0 Å². The monoisotopic (exact) mass is 133 g/mol. The Kier molecular flexibility index (Phi) is 4.67. The van der Waals surface area contributed by atoms with Gasteiger partial charge in [-0.3, -0.25) is 0 Å². The molecule has 56 valence electrons. The van der Waals surface area contributed by atoms with Crippen LogP contribution in [0.1, 0.15) is 13.8 Å². The van der Waals surface area contributed by atoms with Crippen LogP contribution >= 0.6 is 0 Å². The Bertz CT molecular complexity index is 66.1. The van der Waals surface area contributed by atoms with Crippen LogP contribution in [0.2, 0.25) is 0 Å². The second-order valence-electron chi connectivity index (χ2n) is 2.34. The summed E-state index contributed by atoms with van der Waals surface area (Å²) in [6.45, 7) is 4.23. The van der Waals surface area contributed by atoms with Crippen LogP contribution in [-0.4, -0.2) is 35.5 Å². The van der Waals surface area contributed by atoms with Gasteiger partial charge < -0.3 is 15.5 Å². The molecular weight excluding hydrogens is 118 g/mol. The number of hydrogen-bond acceptors (Lipinski definition) is 3. The van der Waals surface area contributed by atoms with Gasteiger partial charge in [0.15, 0.2) is 0 Å². The largest absolute Gasteiger partial charge is 0.395 e. The number of rotatable bonds is 4. The molecule has 0 fully saturated rings. The van der Waals surface area contributed by atoms with Crippen LogP contribution in [-0.2, 0) is 0 Å². The summed E-state index contributed by atoms with van der Waals surface area (Å²) >= 11 is 0. The Hall–Kier alpha value is -0.120. The highest BCUT2D eigenvalue weighted by Gasteiger charge is 1.99. The lowest BCUT2D eigenvalue weighted by atomic mass is 10.3. The highest BCUT2D eigenvalue weighted by molar-refractivity contribution is 4.59. The molecule has 3 heteroatoms. The summed E-state index contributed by atoms with van der Waals surface area (Å²) in [5, 5.41) is 20.2. The standard InChI is InChI=1S/C6H15NO2/c1-5(4-8)7-3-6(2)9/h5-9H,3-4H2,1-2H3/t5-,6-/m1/s1. The van der Waals surface area contributed by atoms with E-state index < -0.39 is 0 Å². The summed E-state index contributed by atoms with van der Waals surface area (Å²) in [6.07, 6.45) is -0.334. The van der Waals surface area contributed by atoms with E-state index in [0.717, 1.165) is 0 Å². The van der Waals surface area contributed by atoms with Gasteiger partial charge in [0.2, 0.25) is 0 Å². The molecule has 9 heavy (non-hydrogen) atoms. The fourth-order valence-electron chi connectivity index (χ4n) is 0.436. The van der Waals surface area contributed by atoms with Crippen LogP contribution in [0.5, 0.6) is 0 Å². The summed E-state index contributed by atoms with van der Waals surface area (Å²) in [5.74, 6) is 0. The molecule has 2 atom stereocenters. The third-order valence-electron chi connectivity index (χ3n) is 1.04. The van der Waals surface area contributed by atoms with E-state index >= 15 is 0 Å². The highest BCUT2D eigenvalue weighted by Crippen LogP contribution is 1.80. The SMILES string of the molecule is C[C@H](CO)NC[C@@H](C)O. The van der Waals surface area contributed by atoms with E-state index in [2.05, 4.69) is 5.32 Å². The molecule has 0 radical (unpaired) electrons. The second-order valence-corrected chi connectivity index (χ2v) is 2.34. The molecule has 0 rings (SSSR count). The van der Waals surface area contributed by atoms with E-state index in [1.54, 1.807) is 6.92 Å². The first-order valence-electron chi connectivity index (χ1n) is 3.19. The zero-order chi connectivity index (χ0) is 7.28. The number of nitrogens with one attached hydrogen (secondary N) is 1. The Morgan fingerprint density at radius 1 is 1.44 bits per heavy atom. The molecule has 0 aliphatic carbocycles. The maximum atomic E-state index is 8.75. The average Bonchev–Trinajstić information content (AvgIpc) is 1.83. The minimum absolute atomic E-state index is 0.0830. The van der Waals surface area contributed by atoms with Gasteiger partial charge in [0.25, 0.3) is 0 Å². The molecule has 0 unspecified atom stereocenters. The van der Waals surface area contributed by atoms with Crippen molar-refractivity contribution >= 4 is 0 Å². The molecule has 0 saturated heterocycles. The molecule has 3 nitrogen and oxygen atoms in total. The Morgan fingerprint density at radius 3 is 2.33 bits per heavy atom. The first-order chi connectivity index (χ1) is 4.16. The molecular formula is C6H15NO2. The lowest BCUT2D eigenvalue weighted by Crippen LogP contribution is -2.34. The molecule has 0 heterocycles. The molecule has 0 amide bonds. The molecule has 0 aromatic rings. The van der Waals surface area contributed by atoms with Crippen molar-refractivity contribution < 1.29 is 10.2 Å². The number of aliphatic hydroxyl groups excluding tert-OH is 2. The van der Waals surface area contributed by atoms with Crippen molar-refractivity contribution in [2.75, 3.05) is 13.2 Å². The summed E-state index contributed by atoms with van der Waals surface area (Å²) in [7, 11) is 0. The molecule has 3 N–H and O–H groups in total. The van der Waals surface area contributed by atoms with Crippen LogP contribution in [0.15, 0.2) is 0 Å². The lowest BCUT2D eigenvalue weighted by Gasteiger charge is -2.11. The summed E-state index contributed by atoms with van der Waals surface area (Å²) < 4.78 is 0. The van der Waals surface area contributed by atoms with Crippen molar-refractivity contribution in [1.82, 2.24) is 5.32 Å². The minimum atomic E-state index is -0.334. The highest BCUT2D eigenvalue weighted by atomic mass is 16.3. The van der Waals surface area contributed by atoms with Gasteiger partial charge in [-0.1, -0.05) is 0 Å². The van der Waals surface area contributed by atoms with Gasteiger partial charge in [0.1, 0.15) is 0 Å². The Labute approximate surface area is 55.7 Å². The van der Waals surface area contributed by atoms with E-state index in [-0.39, 0.29) is 18.8 Å². The fourth-order valence-corrected chi connectivity index (χ4v) is 0.436. The van der Waals surface area contributed by atoms with Gasteiger partial charge in [0, 0.05) is 12.6 Å². The number of hydrogen-bond donors (Lipinski definition) is 3. The van der Waals surface area contributed by atoms with E-state index in [4.69, 9.17) is 10.2 Å². The first-order valence-corrected chi connectivity index (χ1v) is 3.19. The molecule has 0 bridgehead atoms. The van der Waals surface area contributed by atoms with E-state index in [1.165, 1.54) is 0 Å². The predicted molar refractivity (Wildman–Crippen MR) is 36.2 cm³/mol. The molecule has 0 spiro atoms. The molecule has 0 aliphatic rings. The van der Waals surface area contributed by atoms with Crippen LogP contribution in [0.4, 0.5) is 0 Å². The van der Waals surface area contributed by atoms with Crippen molar-refractivity contribution in [2.45, 2.75) is 26.0 Å². The minimum Gasteiger partial charge on any atom is -0.395 e. The van der Waals surface area contributed by atoms with Crippen molar-refractivity contribution in [3.05, 3.63) is 0 Å². The smallest absolute Gasteiger partial charge is 0.0636 e. The molecule has 0 aromatic heterocycles. The van der Waals surface area contributed by atoms with Gasteiger partial charge in [-0.15, -0.1) is 0 Å². The summed E-state index contributed by atoms with van der Waals surface area (Å²) in [5.41, 5.74) is 0. The Morgan fingerprint density at radius 2 is 2.00 bits per heavy atom. The van der Waals surface area contributed by atoms with Crippen LogP contribution in [0.3, 0.4) is 0 Å².